The van der Waals surface area contributed by atoms with E-state index < -0.39 is 0 Å². The summed E-state index contributed by atoms with van der Waals surface area (Å²) in [5.41, 5.74) is 1.80. The summed E-state index contributed by atoms with van der Waals surface area (Å²) in [5, 5.41) is 0. The fraction of sp³-hybridized carbons (Fsp3) is 0.600. The molecule has 0 amide bonds. The highest BCUT2D eigenvalue weighted by molar-refractivity contribution is 5.23. The zero-order valence-corrected chi connectivity index (χ0v) is 10.7. The van der Waals surface area contributed by atoms with Gasteiger partial charge in [0, 0.05) is 6.61 Å². The van der Waals surface area contributed by atoms with Gasteiger partial charge in [-0.05, 0) is 55.7 Å². The van der Waals surface area contributed by atoms with Crippen LogP contribution in [0.3, 0.4) is 0 Å². The maximum atomic E-state index is 13.4. The summed E-state index contributed by atoms with van der Waals surface area (Å²) in [7, 11) is 0. The van der Waals surface area contributed by atoms with Gasteiger partial charge in [-0.15, -0.1) is 0 Å². The van der Waals surface area contributed by atoms with Crippen molar-refractivity contribution < 1.29 is 9.13 Å². The van der Waals surface area contributed by atoms with E-state index in [-0.39, 0.29) is 5.82 Å². The Balaban J connectivity index is 1.83. The Morgan fingerprint density at radius 2 is 2.18 bits per heavy atom. The van der Waals surface area contributed by atoms with Crippen molar-refractivity contribution in [2.24, 2.45) is 5.92 Å². The van der Waals surface area contributed by atoms with Gasteiger partial charge in [0.1, 0.15) is 5.82 Å². The van der Waals surface area contributed by atoms with Crippen molar-refractivity contribution in [2.75, 3.05) is 6.61 Å². The van der Waals surface area contributed by atoms with Gasteiger partial charge in [-0.1, -0.05) is 19.1 Å². The summed E-state index contributed by atoms with van der Waals surface area (Å²) < 4.78 is 19.1. The molecule has 1 nitrogen and oxygen atoms in total. The zero-order chi connectivity index (χ0) is 12.3. The second-order valence-corrected chi connectivity index (χ2v) is 5.26. The van der Waals surface area contributed by atoms with Crippen LogP contribution in [0.1, 0.15) is 37.3 Å². The molecule has 2 heteroatoms. The van der Waals surface area contributed by atoms with E-state index in [9.17, 15) is 4.39 Å². The number of benzene rings is 1. The predicted octanol–water partition coefficient (Wildman–Crippen LogP) is 3.88. The lowest BCUT2D eigenvalue weighted by Gasteiger charge is -2.26. The molecule has 1 aliphatic heterocycles. The highest BCUT2D eigenvalue weighted by Crippen LogP contribution is 2.22. The highest BCUT2D eigenvalue weighted by Gasteiger charge is 2.18. The number of halogens is 1. The van der Waals surface area contributed by atoms with Crippen LogP contribution in [0, 0.1) is 18.7 Å². The van der Waals surface area contributed by atoms with E-state index >= 15 is 0 Å². The molecule has 2 unspecified atom stereocenters. The maximum absolute atomic E-state index is 13.4. The van der Waals surface area contributed by atoms with E-state index in [0.717, 1.165) is 37.0 Å². The lowest BCUT2D eigenvalue weighted by atomic mass is 9.96. The van der Waals surface area contributed by atoms with E-state index in [1.54, 1.807) is 13.0 Å². The number of hydrogen-bond acceptors (Lipinski definition) is 1. The molecule has 0 saturated carbocycles. The highest BCUT2D eigenvalue weighted by atomic mass is 19.1. The summed E-state index contributed by atoms with van der Waals surface area (Å²) >= 11 is 0. The smallest absolute Gasteiger partial charge is 0.126 e. The summed E-state index contributed by atoms with van der Waals surface area (Å²) in [5.74, 6) is 0.601. The topological polar surface area (TPSA) is 9.23 Å². The standard InChI is InChI=1S/C15H21FO/c1-11-3-7-14(17-10-11)8-6-13-5-4-12(2)15(16)9-13/h4-5,9,11,14H,3,6-8,10H2,1-2H3. The van der Waals surface area contributed by atoms with Gasteiger partial charge in [0.15, 0.2) is 0 Å². The molecule has 17 heavy (non-hydrogen) atoms. The van der Waals surface area contributed by atoms with Crippen molar-refractivity contribution in [3.63, 3.8) is 0 Å². The van der Waals surface area contributed by atoms with Crippen LogP contribution >= 0.6 is 0 Å². The molecule has 0 aromatic heterocycles. The van der Waals surface area contributed by atoms with E-state index in [2.05, 4.69) is 6.92 Å². The molecule has 0 radical (unpaired) electrons. The fourth-order valence-electron chi connectivity index (χ4n) is 2.28. The van der Waals surface area contributed by atoms with Crippen molar-refractivity contribution in [3.05, 3.63) is 35.1 Å². The number of hydrogen-bond donors (Lipinski definition) is 0. The normalized spacial score (nSPS) is 24.9. The van der Waals surface area contributed by atoms with E-state index in [4.69, 9.17) is 4.74 Å². The van der Waals surface area contributed by atoms with Gasteiger partial charge in [-0.25, -0.2) is 4.39 Å². The molecule has 1 saturated heterocycles. The van der Waals surface area contributed by atoms with Crippen LogP contribution in [-0.2, 0) is 11.2 Å². The molecular weight excluding hydrogens is 215 g/mol. The molecule has 1 fully saturated rings. The second-order valence-electron chi connectivity index (χ2n) is 5.26. The lowest BCUT2D eigenvalue weighted by Crippen LogP contribution is -2.24. The van der Waals surface area contributed by atoms with Gasteiger partial charge in [-0.2, -0.15) is 0 Å². The van der Waals surface area contributed by atoms with Gasteiger partial charge in [0.05, 0.1) is 6.10 Å². The molecule has 2 atom stereocenters. The Morgan fingerprint density at radius 3 is 2.82 bits per heavy atom. The van der Waals surface area contributed by atoms with Crippen LogP contribution in [0.15, 0.2) is 18.2 Å². The molecule has 1 aromatic rings. The van der Waals surface area contributed by atoms with E-state index in [1.165, 1.54) is 6.42 Å². The third-order valence-electron chi connectivity index (χ3n) is 3.59. The first-order chi connectivity index (χ1) is 8.15. The van der Waals surface area contributed by atoms with Crippen LogP contribution in [0.2, 0.25) is 0 Å². The van der Waals surface area contributed by atoms with Gasteiger partial charge in [0.2, 0.25) is 0 Å². The van der Waals surface area contributed by atoms with Gasteiger partial charge in [0.25, 0.3) is 0 Å². The van der Waals surface area contributed by atoms with Crippen LogP contribution in [0.5, 0.6) is 0 Å². The largest absolute Gasteiger partial charge is 0.378 e. The average molecular weight is 236 g/mol. The Hall–Kier alpha value is -0.890. The molecule has 94 valence electrons. The summed E-state index contributed by atoms with van der Waals surface area (Å²) in [6, 6.07) is 5.53. The molecule has 1 aliphatic rings. The van der Waals surface area contributed by atoms with Crippen LogP contribution < -0.4 is 0 Å². The molecule has 0 N–H and O–H groups in total. The van der Waals surface area contributed by atoms with Gasteiger partial charge >= 0.3 is 0 Å². The van der Waals surface area contributed by atoms with Gasteiger partial charge in [-0.3, -0.25) is 0 Å². The summed E-state index contributed by atoms with van der Waals surface area (Å²) in [4.78, 5) is 0. The molecular formula is C15H21FO. The first kappa shape index (κ1) is 12.6. The third-order valence-corrected chi connectivity index (χ3v) is 3.59. The molecule has 2 rings (SSSR count). The van der Waals surface area contributed by atoms with E-state index in [0.29, 0.717) is 12.0 Å². The average Bonchev–Trinajstić information content (AvgIpc) is 2.33. The van der Waals surface area contributed by atoms with Crippen molar-refractivity contribution in [1.82, 2.24) is 0 Å². The van der Waals surface area contributed by atoms with Gasteiger partial charge < -0.3 is 4.74 Å². The minimum Gasteiger partial charge on any atom is -0.378 e. The second kappa shape index (κ2) is 5.63. The monoisotopic (exact) mass is 236 g/mol. The molecule has 1 heterocycles. The van der Waals surface area contributed by atoms with Crippen molar-refractivity contribution >= 4 is 0 Å². The minimum absolute atomic E-state index is 0.0966. The van der Waals surface area contributed by atoms with Crippen LogP contribution in [-0.4, -0.2) is 12.7 Å². The number of ether oxygens (including phenoxy) is 1. The van der Waals surface area contributed by atoms with Crippen LogP contribution in [0.25, 0.3) is 0 Å². The SMILES string of the molecule is Cc1ccc(CCC2CCC(C)CO2)cc1F. The third kappa shape index (κ3) is 3.53. The van der Waals surface area contributed by atoms with Crippen molar-refractivity contribution in [3.8, 4) is 0 Å². The molecule has 0 bridgehead atoms. The van der Waals surface area contributed by atoms with Crippen LogP contribution in [0.4, 0.5) is 4.39 Å². The Labute approximate surface area is 103 Å². The Morgan fingerprint density at radius 1 is 1.35 bits per heavy atom. The van der Waals surface area contributed by atoms with Crippen molar-refractivity contribution in [2.45, 2.75) is 45.6 Å². The Bertz CT molecular complexity index is 367. The molecule has 0 spiro atoms. The minimum atomic E-state index is -0.0966. The quantitative estimate of drug-likeness (QED) is 0.773. The lowest BCUT2D eigenvalue weighted by molar-refractivity contribution is -0.0147. The first-order valence-electron chi connectivity index (χ1n) is 6.52. The number of rotatable bonds is 3. The first-order valence-corrected chi connectivity index (χ1v) is 6.52. The maximum Gasteiger partial charge on any atom is 0.126 e. The van der Waals surface area contributed by atoms with Crippen molar-refractivity contribution in [1.29, 1.82) is 0 Å². The van der Waals surface area contributed by atoms with E-state index in [1.807, 2.05) is 12.1 Å². The summed E-state index contributed by atoms with van der Waals surface area (Å²) in [6.07, 6.45) is 4.70. The summed E-state index contributed by atoms with van der Waals surface area (Å²) in [6.45, 7) is 4.91. The number of aryl methyl sites for hydroxylation is 2. The predicted molar refractivity (Wildman–Crippen MR) is 67.6 cm³/mol. The molecule has 1 aromatic carbocycles. The Kier molecular flexibility index (Phi) is 4.16. The molecule has 0 aliphatic carbocycles. The fourth-order valence-corrected chi connectivity index (χ4v) is 2.28. The zero-order valence-electron chi connectivity index (χ0n) is 10.7.